The lowest BCUT2D eigenvalue weighted by molar-refractivity contribution is -0.143. The predicted octanol–water partition coefficient (Wildman–Crippen LogP) is -6.69. The molecule has 30 nitrogen and oxygen atoms in total. The Balaban J connectivity index is 3.04. The summed E-state index contributed by atoms with van der Waals surface area (Å²) in [6.07, 6.45) is 0.613. The topological polar surface area (TPSA) is 503 Å². The quantitative estimate of drug-likeness (QED) is 0.0165. The van der Waals surface area contributed by atoms with Gasteiger partial charge in [0.1, 0.15) is 48.3 Å². The summed E-state index contributed by atoms with van der Waals surface area (Å²) in [7, 11) is 0. The van der Waals surface area contributed by atoms with Crippen LogP contribution in [0.4, 0.5) is 0 Å². The number of rotatable bonds is 33. The van der Waals surface area contributed by atoms with Gasteiger partial charge in [-0.05, 0) is 83.6 Å². The monoisotopic (exact) mass is 1070 g/mol. The molecule has 1 aliphatic heterocycles. The molecule has 0 saturated carbocycles. The van der Waals surface area contributed by atoms with Crippen LogP contribution < -0.4 is 71.2 Å². The number of carboxylic acids is 2. The molecule has 0 bridgehead atoms. The second-order valence-corrected chi connectivity index (χ2v) is 18.8. The smallest absolute Gasteiger partial charge is 0.326 e. The standard InChI is InChI=1S/C43H76N16O14S/c1-20(2)31(38(69)55-26(41(72)73)13-17-74-6)57-39(70)32(23(5)60)58-36(67)25(11-8-15-50-43(47)48)54-29(61)19-51-35(66)27(18-30(62)63)56-34(65)22(4)52-33(64)21(3)53-37(68)28-12-9-16-59(28)40(71)24(44)10-7-14-49-42(45)46/h20-28,31-32,60H,7-19,44H2,1-6H3,(H,51,66)(H,52,64)(H,53,68)(H,54,61)(H,55,69)(H,56,65)(H,57,70)(H,58,67)(H,62,63)(H,72,73)(H4,45,46,49)(H4,47,48,50)/t21-,22-,23+,24-,25-,26-,27-,28-,31-,32-/m0/s1. The van der Waals surface area contributed by atoms with Crippen molar-refractivity contribution in [1.82, 2.24) is 47.4 Å². The first-order valence-corrected chi connectivity index (χ1v) is 25.2. The molecule has 0 unspecified atom stereocenters. The van der Waals surface area contributed by atoms with Crippen LogP contribution in [0, 0.1) is 5.92 Å². The Morgan fingerprint density at radius 3 is 1.73 bits per heavy atom. The lowest BCUT2D eigenvalue weighted by Crippen LogP contribution is -2.61. The Hall–Kier alpha value is -7.02. The van der Waals surface area contributed by atoms with E-state index in [0.717, 1.165) is 6.92 Å². The highest BCUT2D eigenvalue weighted by Gasteiger charge is 2.38. The molecule has 1 saturated heterocycles. The van der Waals surface area contributed by atoms with E-state index in [1.807, 2.05) is 0 Å². The molecule has 9 amide bonds. The zero-order chi connectivity index (χ0) is 56.4. The van der Waals surface area contributed by atoms with E-state index in [0.29, 0.717) is 25.0 Å². The maximum Gasteiger partial charge on any atom is 0.326 e. The van der Waals surface area contributed by atoms with Gasteiger partial charge in [-0.3, -0.25) is 57.9 Å². The predicted molar refractivity (Wildman–Crippen MR) is 270 cm³/mol. The number of guanidine groups is 2. The summed E-state index contributed by atoms with van der Waals surface area (Å²) in [5.74, 6) is -11.5. The van der Waals surface area contributed by atoms with E-state index >= 15 is 0 Å². The van der Waals surface area contributed by atoms with Crippen LogP contribution in [0.5, 0.6) is 0 Å². The molecule has 1 heterocycles. The fourth-order valence-electron chi connectivity index (χ4n) is 7.12. The van der Waals surface area contributed by atoms with Crippen LogP contribution in [0.3, 0.4) is 0 Å². The minimum Gasteiger partial charge on any atom is -0.481 e. The SMILES string of the molecule is CSCC[C@H](NC(=O)[C@@H](NC(=O)[C@@H](NC(=O)[C@H](CCCN=C(N)N)NC(=O)CNC(=O)[C@H](CC(=O)O)NC(=O)[C@H](C)NC(=O)[C@H](C)NC(=O)[C@@H]1CCCN1C(=O)[C@@H](N)CCCN=C(N)N)[C@@H](C)O)C(C)C)C(=O)O. The van der Waals surface area contributed by atoms with E-state index in [1.54, 1.807) is 20.1 Å². The molecule has 21 N–H and O–H groups in total. The number of nitrogens with two attached hydrogens (primary N) is 5. The fraction of sp³-hybridized carbons (Fsp3) is 0.698. The number of thioether (sulfide) groups is 1. The molecule has 0 spiro atoms. The van der Waals surface area contributed by atoms with Gasteiger partial charge in [-0.25, -0.2) is 4.79 Å². The summed E-state index contributed by atoms with van der Waals surface area (Å²) in [5, 5.41) is 48.5. The van der Waals surface area contributed by atoms with E-state index in [-0.39, 0.29) is 57.2 Å². The number of nitrogens with one attached hydrogen (secondary N) is 8. The van der Waals surface area contributed by atoms with Crippen LogP contribution in [0.2, 0.25) is 0 Å². The van der Waals surface area contributed by atoms with Crippen molar-refractivity contribution in [1.29, 1.82) is 0 Å². The normalized spacial score (nSPS) is 16.7. The first kappa shape index (κ1) is 65.0. The Bertz CT molecular complexity index is 2040. The van der Waals surface area contributed by atoms with Gasteiger partial charge in [0, 0.05) is 19.6 Å². The van der Waals surface area contributed by atoms with Crippen molar-refractivity contribution in [3.05, 3.63) is 0 Å². The average Bonchev–Trinajstić information content (AvgIpc) is 3.81. The summed E-state index contributed by atoms with van der Waals surface area (Å²) in [6, 6.07) is -12.1. The highest BCUT2D eigenvalue weighted by Crippen LogP contribution is 2.19. The molecule has 10 atom stereocenters. The van der Waals surface area contributed by atoms with E-state index < -0.39 is 144 Å². The molecule has 31 heteroatoms. The third kappa shape index (κ3) is 23.7. The van der Waals surface area contributed by atoms with Crippen LogP contribution in [0.1, 0.15) is 86.0 Å². The zero-order valence-corrected chi connectivity index (χ0v) is 43.3. The van der Waals surface area contributed by atoms with E-state index in [9.17, 15) is 68.1 Å². The number of aliphatic hydroxyl groups is 1. The van der Waals surface area contributed by atoms with Gasteiger partial charge in [0.15, 0.2) is 11.9 Å². The van der Waals surface area contributed by atoms with Crippen molar-refractivity contribution in [2.75, 3.05) is 38.2 Å². The fourth-order valence-corrected chi connectivity index (χ4v) is 7.59. The van der Waals surface area contributed by atoms with Crippen LogP contribution in [-0.2, 0) is 52.7 Å². The summed E-state index contributed by atoms with van der Waals surface area (Å²) in [5.41, 5.74) is 27.5. The number of carboxylic acid groups (broad SMARTS) is 2. The van der Waals surface area contributed by atoms with Crippen molar-refractivity contribution in [3.8, 4) is 0 Å². The summed E-state index contributed by atoms with van der Waals surface area (Å²) < 4.78 is 0. The average molecular weight is 1070 g/mol. The van der Waals surface area contributed by atoms with Crippen molar-refractivity contribution in [3.63, 3.8) is 0 Å². The molecule has 1 aliphatic rings. The van der Waals surface area contributed by atoms with E-state index in [4.69, 9.17) is 28.7 Å². The lowest BCUT2D eigenvalue weighted by Gasteiger charge is -2.28. The first-order valence-electron chi connectivity index (χ1n) is 23.8. The Kier molecular flexibility index (Phi) is 28.9. The molecule has 1 fully saturated rings. The minimum atomic E-state index is -1.81. The molecule has 0 aromatic carbocycles. The number of carbonyl (C=O) groups excluding carboxylic acids is 9. The molecule has 418 valence electrons. The Morgan fingerprint density at radius 2 is 1.19 bits per heavy atom. The maximum absolute atomic E-state index is 13.7. The Labute approximate surface area is 432 Å². The number of carbonyl (C=O) groups is 11. The summed E-state index contributed by atoms with van der Waals surface area (Å²) in [6.45, 7) is 6.44. The molecular weight excluding hydrogens is 997 g/mol. The third-order valence-corrected chi connectivity index (χ3v) is 11.8. The molecule has 1 rings (SSSR count). The number of hydrogen-bond acceptors (Lipinski definition) is 16. The molecule has 0 radical (unpaired) electrons. The van der Waals surface area contributed by atoms with Gasteiger partial charge in [0.2, 0.25) is 53.2 Å². The number of aliphatic carboxylic acids is 2. The number of amides is 9. The van der Waals surface area contributed by atoms with Crippen LogP contribution in [0.15, 0.2) is 9.98 Å². The minimum absolute atomic E-state index is 0.0243. The van der Waals surface area contributed by atoms with Crippen LogP contribution >= 0.6 is 11.8 Å². The van der Waals surface area contributed by atoms with Gasteiger partial charge in [-0.2, -0.15) is 11.8 Å². The summed E-state index contributed by atoms with van der Waals surface area (Å²) in [4.78, 5) is 152. The lowest BCUT2D eigenvalue weighted by atomic mass is 10.0. The number of aliphatic hydroxyl groups excluding tert-OH is 1. The van der Waals surface area contributed by atoms with Crippen molar-refractivity contribution in [2.45, 2.75) is 146 Å². The third-order valence-electron chi connectivity index (χ3n) is 11.2. The van der Waals surface area contributed by atoms with E-state index in [2.05, 4.69) is 52.5 Å². The van der Waals surface area contributed by atoms with E-state index in [1.165, 1.54) is 30.5 Å². The number of nitrogens with zero attached hydrogens (tertiary/aromatic N) is 3. The first-order chi connectivity index (χ1) is 34.6. The molecule has 0 aromatic heterocycles. The van der Waals surface area contributed by atoms with Crippen molar-refractivity contribution >= 4 is 88.8 Å². The second kappa shape index (κ2) is 32.9. The van der Waals surface area contributed by atoms with Crippen LogP contribution in [0.25, 0.3) is 0 Å². The van der Waals surface area contributed by atoms with Gasteiger partial charge in [-0.1, -0.05) is 13.8 Å². The number of hydrogen-bond donors (Lipinski definition) is 16. The van der Waals surface area contributed by atoms with Crippen molar-refractivity contribution in [2.24, 2.45) is 44.6 Å². The van der Waals surface area contributed by atoms with Crippen LogP contribution in [-0.4, -0.2) is 196 Å². The number of likely N-dealkylation sites (tertiary alicyclic amines) is 1. The summed E-state index contributed by atoms with van der Waals surface area (Å²) >= 11 is 1.36. The highest BCUT2D eigenvalue weighted by molar-refractivity contribution is 7.98. The zero-order valence-electron chi connectivity index (χ0n) is 42.5. The van der Waals surface area contributed by atoms with Gasteiger partial charge in [-0.15, -0.1) is 0 Å². The van der Waals surface area contributed by atoms with Gasteiger partial charge >= 0.3 is 11.9 Å². The highest BCUT2D eigenvalue weighted by atomic mass is 32.2. The van der Waals surface area contributed by atoms with Gasteiger partial charge < -0.3 is 91.4 Å². The van der Waals surface area contributed by atoms with Gasteiger partial charge in [0.25, 0.3) is 0 Å². The molecule has 74 heavy (non-hydrogen) atoms. The number of aliphatic imine (C=N–C) groups is 2. The second-order valence-electron chi connectivity index (χ2n) is 17.8. The van der Waals surface area contributed by atoms with Gasteiger partial charge in [0.05, 0.1) is 25.1 Å². The van der Waals surface area contributed by atoms with Crippen molar-refractivity contribution < 1.29 is 68.1 Å². The maximum atomic E-state index is 13.7. The largest absolute Gasteiger partial charge is 0.481 e. The molecule has 0 aromatic rings. The molecule has 0 aliphatic carbocycles. The molecular formula is C43H76N16O14S. The Morgan fingerprint density at radius 1 is 0.649 bits per heavy atom.